The van der Waals surface area contributed by atoms with Crippen molar-refractivity contribution in [3.8, 4) is 11.1 Å². The number of nitrogens with zero attached hydrogens (tertiary/aromatic N) is 5. The van der Waals surface area contributed by atoms with Crippen molar-refractivity contribution in [3.63, 3.8) is 0 Å². The first kappa shape index (κ1) is 73.8. The third-order valence-electron chi connectivity index (χ3n) is 14.5. The number of likely N-dealkylation sites (N-methyl/N-ethyl adjacent to an activating group) is 1. The van der Waals surface area contributed by atoms with E-state index in [1.807, 2.05) is 60.4 Å². The minimum Gasteiger partial charge on any atom is -0.480 e. The van der Waals surface area contributed by atoms with Gasteiger partial charge in [-0.15, -0.1) is 0 Å². The average molecular weight is 1310 g/mol. The van der Waals surface area contributed by atoms with E-state index in [2.05, 4.69) is 58.1 Å². The number of nitrogens with two attached hydrogens (primary N) is 1. The molecule has 0 spiro atoms. The summed E-state index contributed by atoms with van der Waals surface area (Å²) in [6.07, 6.45) is -2.28. The van der Waals surface area contributed by atoms with Crippen molar-refractivity contribution in [1.82, 2.24) is 52.8 Å². The monoisotopic (exact) mass is 1310 g/mol. The number of hydrogen-bond donors (Lipinski definition) is 12. The van der Waals surface area contributed by atoms with Crippen LogP contribution in [0.1, 0.15) is 77.3 Å². The molecule has 5 rings (SSSR count). The first-order valence-corrected chi connectivity index (χ1v) is 30.1. The Morgan fingerprint density at radius 1 is 0.606 bits per heavy atom. The number of carbonyl (C=O) groups excluding carboxylic acids is 11. The second-order valence-corrected chi connectivity index (χ2v) is 22.1. The van der Waals surface area contributed by atoms with E-state index in [1.165, 1.54) is 43.0 Å². The molecule has 4 aromatic rings. The van der Waals surface area contributed by atoms with E-state index >= 15 is 0 Å². The van der Waals surface area contributed by atoms with Crippen LogP contribution in [0.3, 0.4) is 0 Å². The zero-order valence-corrected chi connectivity index (χ0v) is 52.5. The van der Waals surface area contributed by atoms with Crippen LogP contribution in [0, 0.1) is 16.0 Å². The Labute approximate surface area is 540 Å². The summed E-state index contributed by atoms with van der Waals surface area (Å²) < 4.78 is 5.94. The Balaban J connectivity index is 1.16. The summed E-state index contributed by atoms with van der Waals surface area (Å²) in [7, 11) is 0. The van der Waals surface area contributed by atoms with Crippen molar-refractivity contribution in [2.75, 3.05) is 70.5 Å². The summed E-state index contributed by atoms with van der Waals surface area (Å²) in [5.41, 5.74) is 10.5. The zero-order chi connectivity index (χ0) is 69.0. The molecule has 4 aromatic carbocycles. The van der Waals surface area contributed by atoms with Crippen LogP contribution < -0.4 is 58.5 Å². The molecular weight excluding hydrogens is 1230 g/mol. The fourth-order valence-corrected chi connectivity index (χ4v) is 9.52. The second kappa shape index (κ2) is 36.8. The second-order valence-electron chi connectivity index (χ2n) is 22.1. The lowest BCUT2D eigenvalue weighted by atomic mass is 9.98. The van der Waals surface area contributed by atoms with Crippen molar-refractivity contribution < 1.29 is 77.4 Å². The smallest absolute Gasteiger partial charge is 0.410 e. The summed E-state index contributed by atoms with van der Waals surface area (Å²) in [6, 6.07) is 20.8. The highest BCUT2D eigenvalue weighted by Crippen LogP contribution is 2.44. The molecular formula is C62H79N15O17. The summed E-state index contributed by atoms with van der Waals surface area (Å²) >= 11 is 0. The molecule has 0 aromatic heterocycles. The molecule has 32 nitrogen and oxygen atoms in total. The van der Waals surface area contributed by atoms with Gasteiger partial charge < -0.3 is 73.4 Å². The van der Waals surface area contributed by atoms with E-state index in [-0.39, 0.29) is 50.1 Å². The van der Waals surface area contributed by atoms with Gasteiger partial charge in [-0.25, -0.2) is 9.59 Å². The number of nitrogens with one attached hydrogen (secondary N) is 9. The molecule has 13 N–H and O–H groups in total. The van der Waals surface area contributed by atoms with Gasteiger partial charge in [0.15, 0.2) is 0 Å². The third kappa shape index (κ3) is 23.7. The highest BCUT2D eigenvalue weighted by molar-refractivity contribution is 5.96. The molecule has 0 aliphatic heterocycles. The first-order valence-electron chi connectivity index (χ1n) is 30.1. The standard InChI is InChI=1S/C62H79N15O17/c1-6-75(41-19-15-39(16-20-41)73-74-40-17-21-42(22-18-40)77(92)93)26-27-76(62(91)94-35-47-45-13-9-7-11-43(45)44-12-8-10-14-46(44)47)34-56(84)66-33-55(83)68-38(5)58(86)71-48(61(89)90)23-24-53(81)70-49(29-36(2)3)59(87)72-50(30-64-52(80)25-28-78)60(88)69-37(4)57(85)67-32-54(82)65-31-51(63)79/h7-22,36-38,47-50,78H,6,23-35H2,1-5H3,(H2,63,79)(H,64,80)(H,65,82)(H,66,84)(H,67,85)(H,68,83)(H,69,88)(H,70,81)(H,71,86)(H,72,87)(H,89,90)/t37-,38-,48-,49-,50+/m0/s1. The number of carboxylic acid groups (broad SMARTS) is 1. The van der Waals surface area contributed by atoms with Crippen molar-refractivity contribution in [2.45, 2.75) is 96.4 Å². The number of carbonyl (C=O) groups is 12. The Bertz CT molecular complexity index is 3360. The van der Waals surface area contributed by atoms with Crippen LogP contribution in [-0.4, -0.2) is 187 Å². The summed E-state index contributed by atoms with van der Waals surface area (Å²) in [4.78, 5) is 169. The third-order valence-corrected chi connectivity index (χ3v) is 14.5. The summed E-state index contributed by atoms with van der Waals surface area (Å²) in [5.74, 6) is -10.7. The van der Waals surface area contributed by atoms with Crippen LogP contribution in [0.4, 0.5) is 27.5 Å². The van der Waals surface area contributed by atoms with E-state index in [9.17, 15) is 77.9 Å². The van der Waals surface area contributed by atoms with Crippen molar-refractivity contribution in [2.24, 2.45) is 21.9 Å². The van der Waals surface area contributed by atoms with Gasteiger partial charge in [-0.1, -0.05) is 62.4 Å². The number of ether oxygens (including phenoxy) is 1. The SMILES string of the molecule is CCN(CCN(CC(=O)NCC(=O)N[C@@H](C)C(=O)N[C@@H](CCC(=O)N[C@@H](CC(C)C)C(=O)N[C@H](CNC(=O)CCO)C(=O)N[C@@H](C)C(=O)NCC(=O)NCC(N)=O)C(=O)O)C(=O)OCC1c2ccccc2-c2ccccc21)c1ccc(N=Nc2ccc([N+](=O)[O-])cc2)cc1. The van der Waals surface area contributed by atoms with Crippen molar-refractivity contribution in [3.05, 3.63) is 118 Å². The average Bonchev–Trinajstić information content (AvgIpc) is 1.62. The maximum atomic E-state index is 14.1. The van der Waals surface area contributed by atoms with Crippen LogP contribution in [-0.2, 0) is 57.5 Å². The molecule has 94 heavy (non-hydrogen) atoms. The van der Waals surface area contributed by atoms with E-state index < -0.39 is 158 Å². The number of carboxylic acids is 1. The van der Waals surface area contributed by atoms with Gasteiger partial charge in [0.25, 0.3) is 5.69 Å². The van der Waals surface area contributed by atoms with Crippen molar-refractivity contribution >= 4 is 93.9 Å². The van der Waals surface area contributed by atoms with E-state index in [0.29, 0.717) is 17.9 Å². The molecule has 0 bridgehead atoms. The van der Waals surface area contributed by atoms with Crippen LogP contribution in [0.15, 0.2) is 107 Å². The number of rotatable bonds is 37. The fraction of sp³-hybridized carbons (Fsp3) is 0.419. The fourth-order valence-electron chi connectivity index (χ4n) is 9.52. The van der Waals surface area contributed by atoms with Crippen LogP contribution in [0.25, 0.3) is 11.1 Å². The van der Waals surface area contributed by atoms with Crippen LogP contribution in [0.5, 0.6) is 0 Å². The number of amides is 11. The molecule has 0 fully saturated rings. The molecule has 0 saturated heterocycles. The number of hydrogen-bond acceptors (Lipinski definition) is 19. The van der Waals surface area contributed by atoms with E-state index in [0.717, 1.165) is 27.9 Å². The molecule has 11 amide bonds. The lowest BCUT2D eigenvalue weighted by Gasteiger charge is -2.28. The Morgan fingerprint density at radius 2 is 1.17 bits per heavy atom. The number of aliphatic hydroxyl groups excluding tert-OH is 1. The zero-order valence-electron chi connectivity index (χ0n) is 52.5. The van der Waals surface area contributed by atoms with Crippen LogP contribution in [0.2, 0.25) is 0 Å². The number of azo groups is 1. The largest absolute Gasteiger partial charge is 0.480 e. The number of fused-ring (bicyclic) bond motifs is 3. The molecule has 0 radical (unpaired) electrons. The highest BCUT2D eigenvalue weighted by atomic mass is 16.6. The number of non-ortho nitro benzene ring substituents is 1. The number of benzene rings is 4. The summed E-state index contributed by atoms with van der Waals surface area (Å²) in [5, 5.41) is 59.8. The summed E-state index contributed by atoms with van der Waals surface area (Å²) in [6.45, 7) is 5.00. The Morgan fingerprint density at radius 3 is 1.74 bits per heavy atom. The normalized spacial score (nSPS) is 13.0. The predicted molar refractivity (Wildman–Crippen MR) is 339 cm³/mol. The van der Waals surface area contributed by atoms with Gasteiger partial charge in [0.05, 0.1) is 42.5 Å². The molecule has 1 aliphatic carbocycles. The topological polar surface area (TPSA) is 463 Å². The predicted octanol–water partition coefficient (Wildman–Crippen LogP) is 0.795. The van der Waals surface area contributed by atoms with Gasteiger partial charge in [0.2, 0.25) is 59.1 Å². The van der Waals surface area contributed by atoms with E-state index in [4.69, 9.17) is 10.5 Å². The number of nitro groups is 1. The van der Waals surface area contributed by atoms with Gasteiger partial charge in [-0.3, -0.25) is 63.0 Å². The molecule has 0 unspecified atom stereocenters. The molecule has 0 heterocycles. The first-order chi connectivity index (χ1) is 44.8. The lowest BCUT2D eigenvalue weighted by Crippen LogP contribution is -2.59. The minimum absolute atomic E-state index is 0.0187. The Hall–Kier alpha value is -10.9. The quantitative estimate of drug-likeness (QED) is 0.0169. The van der Waals surface area contributed by atoms with E-state index in [1.54, 1.807) is 38.1 Å². The number of primary amides is 1. The maximum absolute atomic E-state index is 14.1. The molecule has 0 saturated carbocycles. The van der Waals surface area contributed by atoms with Crippen molar-refractivity contribution in [1.29, 1.82) is 0 Å². The van der Waals surface area contributed by atoms with Gasteiger partial charge in [0, 0.05) is 62.8 Å². The lowest BCUT2D eigenvalue weighted by molar-refractivity contribution is -0.384. The number of anilines is 1. The number of aliphatic hydroxyl groups is 1. The molecule has 504 valence electrons. The number of nitro benzene ring substituents is 1. The highest BCUT2D eigenvalue weighted by Gasteiger charge is 2.33. The Kier molecular flexibility index (Phi) is 28.9. The van der Waals surface area contributed by atoms with Gasteiger partial charge >= 0.3 is 12.1 Å². The minimum atomic E-state index is -1.70. The van der Waals surface area contributed by atoms with Gasteiger partial charge in [-0.05, 0) is 98.2 Å². The van der Waals surface area contributed by atoms with Gasteiger partial charge in [0.1, 0.15) is 43.4 Å². The molecule has 32 heteroatoms. The molecule has 5 atom stereocenters. The van der Waals surface area contributed by atoms with Crippen LogP contribution >= 0.6 is 0 Å². The molecule has 1 aliphatic rings. The maximum Gasteiger partial charge on any atom is 0.410 e. The van der Waals surface area contributed by atoms with Gasteiger partial charge in [-0.2, -0.15) is 10.2 Å². The number of aliphatic carboxylic acids is 1.